The van der Waals surface area contributed by atoms with Crippen LogP contribution in [0.2, 0.25) is 0 Å². The van der Waals surface area contributed by atoms with Gasteiger partial charge in [0, 0.05) is 35.7 Å². The number of unbranched alkanes of at least 4 members (excludes halogenated alkanes) is 1. The molecule has 0 saturated carbocycles. The van der Waals surface area contributed by atoms with Gasteiger partial charge in [-0.3, -0.25) is 9.79 Å². The lowest BCUT2D eigenvalue weighted by atomic mass is 9.95. The summed E-state index contributed by atoms with van der Waals surface area (Å²) in [5.41, 5.74) is 8.71. The van der Waals surface area contributed by atoms with E-state index in [1.54, 1.807) is 25.1 Å². The number of benzene rings is 1. The van der Waals surface area contributed by atoms with E-state index >= 15 is 0 Å². The molecule has 0 aliphatic carbocycles. The van der Waals surface area contributed by atoms with E-state index in [4.69, 9.17) is 15.5 Å². The summed E-state index contributed by atoms with van der Waals surface area (Å²) in [6.45, 7) is 9.62. The molecule has 4 N–H and O–H groups in total. The second-order valence-corrected chi connectivity index (χ2v) is 7.38. The molecule has 1 aliphatic rings. The van der Waals surface area contributed by atoms with Crippen molar-refractivity contribution >= 4 is 28.2 Å². The molecule has 1 saturated heterocycles. The standard InChI is InChI=1S/C18H23N3O3.C4H10/c1-10(18(19)23)16-17(14-9-13(22)3-4-15(14)21-16)20-11(2)12-5-7-24-8-6-12;1-3-4-2/h3-4,9-10,12,21-22H,5-8H2,1-2H3,(H2,19,23);3-4H2,1-2H3. The molecule has 6 nitrogen and oxygen atoms in total. The first-order valence-electron chi connectivity index (χ1n) is 10.2. The minimum Gasteiger partial charge on any atom is -0.508 e. The normalized spacial score (nSPS) is 16.5. The number of carbonyl (C=O) groups is 1. The number of nitrogens with one attached hydrogen (secondary N) is 1. The number of rotatable bonds is 5. The molecule has 1 amide bonds. The highest BCUT2D eigenvalue weighted by molar-refractivity contribution is 6.00. The van der Waals surface area contributed by atoms with E-state index in [1.165, 1.54) is 12.8 Å². The Morgan fingerprint density at radius 1 is 1.32 bits per heavy atom. The fraction of sp³-hybridized carbons (Fsp3) is 0.545. The second kappa shape index (κ2) is 10.3. The van der Waals surface area contributed by atoms with Crippen LogP contribution in [0.4, 0.5) is 5.69 Å². The Bertz CT molecular complexity index is 818. The van der Waals surface area contributed by atoms with Gasteiger partial charge in [-0.2, -0.15) is 0 Å². The van der Waals surface area contributed by atoms with Crippen molar-refractivity contribution in [1.29, 1.82) is 0 Å². The summed E-state index contributed by atoms with van der Waals surface area (Å²) >= 11 is 0. The van der Waals surface area contributed by atoms with Gasteiger partial charge < -0.3 is 20.6 Å². The summed E-state index contributed by atoms with van der Waals surface area (Å²) in [6.07, 6.45) is 4.54. The fourth-order valence-electron chi connectivity index (χ4n) is 3.15. The number of aromatic amines is 1. The topological polar surface area (TPSA) is 101 Å². The molecule has 2 aromatic rings. The van der Waals surface area contributed by atoms with E-state index in [0.29, 0.717) is 17.3 Å². The number of aliphatic imine (C=N–C) groups is 1. The van der Waals surface area contributed by atoms with Crippen molar-refractivity contribution in [3.8, 4) is 5.75 Å². The van der Waals surface area contributed by atoms with Crippen LogP contribution < -0.4 is 5.73 Å². The van der Waals surface area contributed by atoms with E-state index in [-0.39, 0.29) is 5.75 Å². The number of hydrogen-bond donors (Lipinski definition) is 3. The highest BCUT2D eigenvalue weighted by Crippen LogP contribution is 2.37. The molecule has 3 rings (SSSR count). The average molecular weight is 388 g/mol. The molecular weight excluding hydrogens is 354 g/mol. The number of aromatic hydroxyl groups is 1. The number of phenolic OH excluding ortho intramolecular Hbond substituents is 1. The number of hydrogen-bond acceptors (Lipinski definition) is 4. The number of amides is 1. The van der Waals surface area contributed by atoms with E-state index in [0.717, 1.165) is 42.7 Å². The van der Waals surface area contributed by atoms with Crippen molar-refractivity contribution in [2.75, 3.05) is 13.2 Å². The molecule has 1 atom stereocenters. The zero-order valence-electron chi connectivity index (χ0n) is 17.4. The zero-order chi connectivity index (χ0) is 20.7. The molecule has 0 spiro atoms. The van der Waals surface area contributed by atoms with Crippen LogP contribution in [0.3, 0.4) is 0 Å². The van der Waals surface area contributed by atoms with Gasteiger partial charge in [0.2, 0.25) is 5.91 Å². The van der Waals surface area contributed by atoms with Crippen LogP contribution in [-0.4, -0.2) is 34.9 Å². The van der Waals surface area contributed by atoms with Crippen LogP contribution in [0, 0.1) is 5.92 Å². The fourth-order valence-corrected chi connectivity index (χ4v) is 3.15. The van der Waals surface area contributed by atoms with E-state index in [1.807, 2.05) is 6.92 Å². The summed E-state index contributed by atoms with van der Waals surface area (Å²) in [5, 5.41) is 10.6. The van der Waals surface area contributed by atoms with Gasteiger partial charge in [-0.1, -0.05) is 26.7 Å². The Hall–Kier alpha value is -2.34. The molecule has 28 heavy (non-hydrogen) atoms. The Kier molecular flexibility index (Phi) is 8.05. The molecule has 1 aliphatic heterocycles. The third-order valence-corrected chi connectivity index (χ3v) is 5.24. The van der Waals surface area contributed by atoms with Gasteiger partial charge >= 0.3 is 0 Å². The molecule has 154 valence electrons. The number of nitrogens with two attached hydrogens (primary N) is 1. The van der Waals surface area contributed by atoms with Gasteiger partial charge in [0.05, 0.1) is 17.3 Å². The van der Waals surface area contributed by atoms with Gasteiger partial charge in [0.15, 0.2) is 0 Å². The lowest BCUT2D eigenvalue weighted by Crippen LogP contribution is -2.22. The third-order valence-electron chi connectivity index (χ3n) is 5.24. The Labute approximate surface area is 167 Å². The molecule has 6 heteroatoms. The van der Waals surface area contributed by atoms with Crippen LogP contribution in [-0.2, 0) is 9.53 Å². The molecule has 0 radical (unpaired) electrons. The minimum atomic E-state index is -0.485. The minimum absolute atomic E-state index is 0.167. The number of nitrogens with zero attached hydrogens (tertiary/aromatic N) is 1. The Morgan fingerprint density at radius 2 is 1.96 bits per heavy atom. The van der Waals surface area contributed by atoms with Crippen molar-refractivity contribution < 1.29 is 14.6 Å². The van der Waals surface area contributed by atoms with E-state index < -0.39 is 11.8 Å². The molecule has 1 fully saturated rings. The Morgan fingerprint density at radius 3 is 2.54 bits per heavy atom. The van der Waals surface area contributed by atoms with Crippen molar-refractivity contribution in [3.63, 3.8) is 0 Å². The quantitative estimate of drug-likeness (QED) is 0.643. The van der Waals surface area contributed by atoms with E-state index in [9.17, 15) is 9.90 Å². The van der Waals surface area contributed by atoms with Crippen LogP contribution >= 0.6 is 0 Å². The summed E-state index contributed by atoms with van der Waals surface area (Å²) in [6, 6.07) is 5.06. The number of carbonyl (C=O) groups excluding carboxylic acids is 1. The van der Waals surface area contributed by atoms with Gasteiger partial charge in [-0.15, -0.1) is 0 Å². The number of fused-ring (bicyclic) bond motifs is 1. The molecule has 1 aromatic carbocycles. The number of H-pyrrole nitrogens is 1. The number of ether oxygens (including phenoxy) is 1. The maximum Gasteiger partial charge on any atom is 0.226 e. The maximum atomic E-state index is 11.7. The third kappa shape index (κ3) is 5.35. The summed E-state index contributed by atoms with van der Waals surface area (Å²) in [5.74, 6) is -0.357. The summed E-state index contributed by atoms with van der Waals surface area (Å²) < 4.78 is 5.41. The summed E-state index contributed by atoms with van der Waals surface area (Å²) in [4.78, 5) is 19.7. The predicted octanol–water partition coefficient (Wildman–Crippen LogP) is 4.79. The van der Waals surface area contributed by atoms with Gasteiger partial charge in [0.25, 0.3) is 0 Å². The Balaban J connectivity index is 0.000000640. The van der Waals surface area contributed by atoms with Crippen molar-refractivity contribution in [3.05, 3.63) is 23.9 Å². The first-order valence-corrected chi connectivity index (χ1v) is 10.2. The zero-order valence-corrected chi connectivity index (χ0v) is 17.4. The predicted molar refractivity (Wildman–Crippen MR) is 114 cm³/mol. The lowest BCUT2D eigenvalue weighted by Gasteiger charge is -2.22. The number of primary amides is 1. The summed E-state index contributed by atoms with van der Waals surface area (Å²) in [7, 11) is 0. The lowest BCUT2D eigenvalue weighted by molar-refractivity contribution is -0.119. The van der Waals surface area contributed by atoms with Gasteiger partial charge in [-0.25, -0.2) is 0 Å². The number of phenols is 1. The molecule has 0 bridgehead atoms. The van der Waals surface area contributed by atoms with Crippen LogP contribution in [0.5, 0.6) is 5.75 Å². The highest BCUT2D eigenvalue weighted by atomic mass is 16.5. The SMILES string of the molecule is CC(=Nc1c(C(C)C(N)=O)[nH]c2ccc(O)cc12)C1CCOCC1.CCCC. The molecular formula is C22H33N3O3. The van der Waals surface area contributed by atoms with Crippen LogP contribution in [0.15, 0.2) is 23.2 Å². The van der Waals surface area contributed by atoms with E-state index in [2.05, 4.69) is 18.8 Å². The van der Waals surface area contributed by atoms with Crippen molar-refractivity contribution in [1.82, 2.24) is 4.98 Å². The second-order valence-electron chi connectivity index (χ2n) is 7.38. The van der Waals surface area contributed by atoms with Crippen LogP contribution in [0.1, 0.15) is 65.0 Å². The van der Waals surface area contributed by atoms with Gasteiger partial charge in [-0.05, 0) is 44.9 Å². The van der Waals surface area contributed by atoms with Crippen LogP contribution in [0.25, 0.3) is 10.9 Å². The first-order chi connectivity index (χ1) is 13.4. The maximum absolute atomic E-state index is 11.7. The largest absolute Gasteiger partial charge is 0.508 e. The van der Waals surface area contributed by atoms with Crippen molar-refractivity contribution in [2.45, 2.75) is 59.3 Å². The smallest absolute Gasteiger partial charge is 0.226 e. The van der Waals surface area contributed by atoms with Gasteiger partial charge in [0.1, 0.15) is 5.75 Å². The monoisotopic (exact) mass is 387 g/mol. The van der Waals surface area contributed by atoms with Crippen molar-refractivity contribution in [2.24, 2.45) is 16.6 Å². The highest BCUT2D eigenvalue weighted by Gasteiger charge is 2.23. The molecule has 1 aromatic heterocycles. The first kappa shape index (κ1) is 22.0. The molecule has 2 heterocycles. The average Bonchev–Trinajstić information content (AvgIpc) is 3.05. The molecule has 1 unspecified atom stereocenters. The number of aromatic nitrogens is 1.